The summed E-state index contributed by atoms with van der Waals surface area (Å²) in [5.41, 5.74) is 1.83. The van der Waals surface area contributed by atoms with Crippen LogP contribution in [0.4, 0.5) is 0 Å². The topological polar surface area (TPSA) is 66.0 Å². The van der Waals surface area contributed by atoms with Gasteiger partial charge in [-0.3, -0.25) is 4.79 Å². The largest absolute Gasteiger partial charge is 0.508 e. The Morgan fingerprint density at radius 3 is 2.91 bits per heavy atom. The number of nitrogens with zero attached hydrogens (tertiary/aromatic N) is 1. The van der Waals surface area contributed by atoms with Gasteiger partial charge in [0.05, 0.1) is 11.0 Å². The molecule has 4 rings (SSSR count). The number of fused-ring (bicyclic) bond motifs is 2. The average molecular weight is 312 g/mol. The highest BCUT2D eigenvalue weighted by Crippen LogP contribution is 2.56. The van der Waals surface area contributed by atoms with Gasteiger partial charge in [-0.05, 0) is 62.0 Å². The Labute approximate surface area is 136 Å². The third-order valence-electron chi connectivity index (χ3n) is 5.73. The Balaban J connectivity index is 1.30. The minimum atomic E-state index is -0.125. The van der Waals surface area contributed by atoms with Crippen LogP contribution >= 0.6 is 0 Å². The van der Waals surface area contributed by atoms with Crippen molar-refractivity contribution in [1.29, 1.82) is 0 Å². The Bertz CT molecular complexity index is 768. The van der Waals surface area contributed by atoms with Crippen molar-refractivity contribution in [3.63, 3.8) is 0 Å². The summed E-state index contributed by atoms with van der Waals surface area (Å²) in [6.07, 6.45) is 10.0. The summed E-state index contributed by atoms with van der Waals surface area (Å²) in [6, 6.07) is 4.89. The van der Waals surface area contributed by atoms with Gasteiger partial charge in [0, 0.05) is 6.07 Å². The highest BCUT2D eigenvalue weighted by molar-refractivity contribution is 5.75. The molecular weight excluding hydrogens is 288 g/mol. The molecule has 2 aliphatic rings. The molecule has 2 fully saturated rings. The number of phenols is 1. The summed E-state index contributed by atoms with van der Waals surface area (Å²) in [4.78, 5) is 19.3. The Hall–Kier alpha value is -1.84. The van der Waals surface area contributed by atoms with E-state index in [-0.39, 0.29) is 11.3 Å². The van der Waals surface area contributed by atoms with Gasteiger partial charge in [0.25, 0.3) is 5.56 Å². The van der Waals surface area contributed by atoms with Gasteiger partial charge < -0.3 is 10.1 Å². The molecule has 3 atom stereocenters. The summed E-state index contributed by atoms with van der Waals surface area (Å²) >= 11 is 0. The molecule has 0 spiro atoms. The molecule has 1 aromatic carbocycles. The molecule has 4 heteroatoms. The zero-order valence-corrected chi connectivity index (χ0v) is 13.4. The highest BCUT2D eigenvalue weighted by atomic mass is 16.3. The second-order valence-corrected chi connectivity index (χ2v) is 7.31. The summed E-state index contributed by atoms with van der Waals surface area (Å²) in [7, 11) is 0. The lowest BCUT2D eigenvalue weighted by atomic mass is 9.96. The van der Waals surface area contributed by atoms with Gasteiger partial charge in [-0.25, -0.2) is 4.98 Å². The highest BCUT2D eigenvalue weighted by Gasteiger charge is 2.47. The molecule has 3 unspecified atom stereocenters. The fourth-order valence-corrected chi connectivity index (χ4v) is 4.34. The van der Waals surface area contributed by atoms with Crippen molar-refractivity contribution in [3.8, 4) is 5.75 Å². The number of hydrogen-bond acceptors (Lipinski definition) is 3. The minimum absolute atomic E-state index is 0.125. The van der Waals surface area contributed by atoms with E-state index >= 15 is 0 Å². The zero-order chi connectivity index (χ0) is 15.8. The molecule has 2 aromatic rings. The monoisotopic (exact) mass is 312 g/mol. The van der Waals surface area contributed by atoms with Crippen LogP contribution in [0.5, 0.6) is 5.75 Å². The van der Waals surface area contributed by atoms with E-state index in [0.717, 1.165) is 36.1 Å². The van der Waals surface area contributed by atoms with Gasteiger partial charge in [-0.1, -0.05) is 19.3 Å². The van der Waals surface area contributed by atoms with E-state index in [2.05, 4.69) is 9.97 Å². The number of aromatic hydroxyl groups is 1. The molecule has 2 N–H and O–H groups in total. The first-order valence-electron chi connectivity index (χ1n) is 8.92. The van der Waals surface area contributed by atoms with Crippen molar-refractivity contribution in [2.24, 2.45) is 17.8 Å². The van der Waals surface area contributed by atoms with E-state index in [4.69, 9.17) is 0 Å². The lowest BCUT2D eigenvalue weighted by molar-refractivity contribution is 0.420. The minimum Gasteiger partial charge on any atom is -0.508 e. The number of aryl methyl sites for hydroxylation is 1. The second kappa shape index (κ2) is 5.99. The Morgan fingerprint density at radius 1 is 1.22 bits per heavy atom. The first-order valence-corrected chi connectivity index (χ1v) is 8.92. The van der Waals surface area contributed by atoms with Gasteiger partial charge in [0.1, 0.15) is 11.4 Å². The van der Waals surface area contributed by atoms with Gasteiger partial charge in [-0.2, -0.15) is 0 Å². The quantitative estimate of drug-likeness (QED) is 0.798. The van der Waals surface area contributed by atoms with Crippen LogP contribution in [-0.2, 0) is 6.42 Å². The molecule has 2 aliphatic carbocycles. The molecule has 2 saturated carbocycles. The third-order valence-corrected chi connectivity index (χ3v) is 5.73. The summed E-state index contributed by atoms with van der Waals surface area (Å²) < 4.78 is 0. The molecule has 122 valence electrons. The zero-order valence-electron chi connectivity index (χ0n) is 13.4. The molecule has 0 bridgehead atoms. The standard InChI is InChI=1S/C19H24N2O2/c22-14-8-9-16-18(11-14)21-19(23)17(20-16)5-3-1-2-4-12-6-7-13-10-15(12)13/h8-9,11-13,15,22H,1-7,10H2,(H,21,23). The molecular formula is C19H24N2O2. The lowest BCUT2D eigenvalue weighted by Gasteiger charge is -2.10. The molecule has 1 aromatic heterocycles. The van der Waals surface area contributed by atoms with E-state index in [0.29, 0.717) is 11.2 Å². The van der Waals surface area contributed by atoms with Crippen molar-refractivity contribution < 1.29 is 5.11 Å². The van der Waals surface area contributed by atoms with Gasteiger partial charge in [0.2, 0.25) is 0 Å². The maximum absolute atomic E-state index is 12.1. The molecule has 1 heterocycles. The first-order chi connectivity index (χ1) is 11.2. The van der Waals surface area contributed by atoms with Crippen LogP contribution in [0.1, 0.15) is 50.6 Å². The number of phenolic OH excluding ortho intramolecular Hbond substituents is 1. The Kier molecular flexibility index (Phi) is 3.83. The van der Waals surface area contributed by atoms with Crippen molar-refractivity contribution in [2.45, 2.75) is 51.4 Å². The second-order valence-electron chi connectivity index (χ2n) is 7.31. The van der Waals surface area contributed by atoms with E-state index in [1.165, 1.54) is 38.5 Å². The fraction of sp³-hybridized carbons (Fsp3) is 0.579. The molecule has 4 nitrogen and oxygen atoms in total. The number of aromatic nitrogens is 2. The summed E-state index contributed by atoms with van der Waals surface area (Å²) in [5, 5.41) is 9.45. The van der Waals surface area contributed by atoms with E-state index in [9.17, 15) is 9.90 Å². The number of benzene rings is 1. The van der Waals surface area contributed by atoms with Crippen LogP contribution in [0.3, 0.4) is 0 Å². The lowest BCUT2D eigenvalue weighted by Crippen LogP contribution is -2.15. The van der Waals surface area contributed by atoms with Crippen molar-refractivity contribution in [2.75, 3.05) is 0 Å². The van der Waals surface area contributed by atoms with E-state index in [1.807, 2.05) is 0 Å². The maximum atomic E-state index is 12.1. The molecule has 0 saturated heterocycles. The van der Waals surface area contributed by atoms with Crippen LogP contribution in [0.25, 0.3) is 11.0 Å². The fourth-order valence-electron chi connectivity index (χ4n) is 4.34. The third kappa shape index (κ3) is 3.12. The number of H-pyrrole nitrogens is 1. The molecule has 0 amide bonds. The number of aromatic amines is 1. The van der Waals surface area contributed by atoms with Gasteiger partial charge >= 0.3 is 0 Å². The smallest absolute Gasteiger partial charge is 0.270 e. The van der Waals surface area contributed by atoms with Gasteiger partial charge in [-0.15, -0.1) is 0 Å². The van der Waals surface area contributed by atoms with E-state index in [1.54, 1.807) is 18.2 Å². The number of unbranched alkanes of at least 4 members (excludes halogenated alkanes) is 2. The number of hydrogen-bond donors (Lipinski definition) is 2. The predicted octanol–water partition coefficient (Wildman–Crippen LogP) is 3.78. The normalized spacial score (nSPS) is 25.7. The number of nitrogens with one attached hydrogen (secondary N) is 1. The van der Waals surface area contributed by atoms with Gasteiger partial charge in [0.15, 0.2) is 0 Å². The van der Waals surface area contributed by atoms with Crippen molar-refractivity contribution >= 4 is 11.0 Å². The molecule has 23 heavy (non-hydrogen) atoms. The summed E-state index contributed by atoms with van der Waals surface area (Å²) in [5.74, 6) is 3.29. The van der Waals surface area contributed by atoms with Crippen LogP contribution in [0.2, 0.25) is 0 Å². The van der Waals surface area contributed by atoms with Crippen LogP contribution in [0, 0.1) is 17.8 Å². The summed E-state index contributed by atoms with van der Waals surface area (Å²) in [6.45, 7) is 0. The molecule has 0 aliphatic heterocycles. The van der Waals surface area contributed by atoms with Crippen molar-refractivity contribution in [3.05, 3.63) is 34.2 Å². The maximum Gasteiger partial charge on any atom is 0.270 e. The Morgan fingerprint density at radius 2 is 2.13 bits per heavy atom. The predicted molar refractivity (Wildman–Crippen MR) is 90.5 cm³/mol. The first kappa shape index (κ1) is 14.7. The van der Waals surface area contributed by atoms with E-state index < -0.39 is 0 Å². The number of rotatable bonds is 6. The van der Waals surface area contributed by atoms with Crippen LogP contribution < -0.4 is 5.56 Å². The van der Waals surface area contributed by atoms with Crippen LogP contribution in [0.15, 0.2) is 23.0 Å². The average Bonchev–Trinajstić information content (AvgIpc) is 3.21. The van der Waals surface area contributed by atoms with Crippen molar-refractivity contribution in [1.82, 2.24) is 9.97 Å². The molecule has 0 radical (unpaired) electrons. The van der Waals surface area contributed by atoms with Crippen LogP contribution in [-0.4, -0.2) is 15.1 Å². The SMILES string of the molecule is O=c1[nH]c2cc(O)ccc2nc1CCCCCC1CCC2CC12.